The van der Waals surface area contributed by atoms with Crippen molar-refractivity contribution in [2.75, 3.05) is 0 Å². The van der Waals surface area contributed by atoms with Gasteiger partial charge in [-0.3, -0.25) is 0 Å². The van der Waals surface area contributed by atoms with Gasteiger partial charge in [0, 0.05) is 33.4 Å². The minimum atomic E-state index is -0.613. The molecule has 0 bridgehead atoms. The van der Waals surface area contributed by atoms with Crippen LogP contribution in [0.3, 0.4) is 0 Å². The average Bonchev–Trinajstić information content (AvgIpc) is 3.61. The lowest BCUT2D eigenvalue weighted by molar-refractivity contribution is 0.438. The Morgan fingerprint density at radius 3 is 1.62 bits per heavy atom. The van der Waals surface area contributed by atoms with Crippen molar-refractivity contribution in [2.24, 2.45) is 0 Å². The molecular formula is C55H34N2O. The molecule has 1 unspecified atom stereocenters. The molecule has 1 aliphatic heterocycles. The molecule has 2 heterocycles. The van der Waals surface area contributed by atoms with Crippen LogP contribution in [0.4, 0.5) is 0 Å². The molecule has 0 radical (unpaired) electrons. The van der Waals surface area contributed by atoms with Gasteiger partial charge in [-0.1, -0.05) is 194 Å². The van der Waals surface area contributed by atoms with Crippen molar-refractivity contribution >= 4 is 21.5 Å². The summed E-state index contributed by atoms with van der Waals surface area (Å²) in [4.78, 5) is 10.1. The van der Waals surface area contributed by atoms with E-state index in [1.54, 1.807) is 0 Å². The molecule has 12 rings (SSSR count). The largest absolute Gasteiger partial charge is 0.456 e. The van der Waals surface area contributed by atoms with Gasteiger partial charge in [-0.25, -0.2) is 9.97 Å². The van der Waals surface area contributed by atoms with E-state index in [1.807, 2.05) is 36.4 Å². The van der Waals surface area contributed by atoms with Crippen LogP contribution in [0, 0.1) is 0 Å². The highest BCUT2D eigenvalue weighted by Crippen LogP contribution is 2.65. The third-order valence-electron chi connectivity index (χ3n) is 12.1. The first-order valence-electron chi connectivity index (χ1n) is 19.8. The highest BCUT2D eigenvalue weighted by Gasteiger charge is 2.52. The molecule has 10 aromatic rings. The Labute approximate surface area is 336 Å². The molecule has 1 atom stereocenters. The number of nitrogens with zero attached hydrogens (tertiary/aromatic N) is 2. The second-order valence-electron chi connectivity index (χ2n) is 15.2. The highest BCUT2D eigenvalue weighted by atomic mass is 16.5. The predicted octanol–water partition coefficient (Wildman–Crippen LogP) is 13.9. The summed E-state index contributed by atoms with van der Waals surface area (Å²) in [6.45, 7) is 0. The second kappa shape index (κ2) is 12.7. The molecule has 1 aliphatic carbocycles. The van der Waals surface area contributed by atoms with Crippen LogP contribution in [0.2, 0.25) is 0 Å². The Kier molecular flexibility index (Phi) is 7.14. The summed E-state index contributed by atoms with van der Waals surface area (Å²) in [5.74, 6) is 2.46. The van der Waals surface area contributed by atoms with Crippen molar-refractivity contribution in [1.29, 1.82) is 0 Å². The summed E-state index contributed by atoms with van der Waals surface area (Å²) < 4.78 is 7.10. The van der Waals surface area contributed by atoms with Crippen molar-refractivity contribution in [3.05, 3.63) is 229 Å². The van der Waals surface area contributed by atoms with Crippen LogP contribution < -0.4 is 4.74 Å². The maximum Gasteiger partial charge on any atom is 0.160 e. The van der Waals surface area contributed by atoms with E-state index in [1.165, 1.54) is 43.8 Å². The summed E-state index contributed by atoms with van der Waals surface area (Å²) in [6.07, 6.45) is 0. The smallest absolute Gasteiger partial charge is 0.160 e. The molecule has 0 amide bonds. The minimum Gasteiger partial charge on any atom is -0.456 e. The van der Waals surface area contributed by atoms with Crippen LogP contribution in [0.25, 0.3) is 77.7 Å². The zero-order valence-corrected chi connectivity index (χ0v) is 31.4. The fraction of sp³-hybridized carbons (Fsp3) is 0.0182. The van der Waals surface area contributed by atoms with E-state index in [9.17, 15) is 0 Å². The first-order chi connectivity index (χ1) is 28.8. The van der Waals surface area contributed by atoms with Crippen molar-refractivity contribution in [3.63, 3.8) is 0 Å². The molecule has 0 N–H and O–H groups in total. The van der Waals surface area contributed by atoms with Crippen LogP contribution in [-0.4, -0.2) is 9.97 Å². The van der Waals surface area contributed by atoms with E-state index in [0.29, 0.717) is 5.82 Å². The number of para-hydroxylation sites is 2. The SMILES string of the molecule is c1ccc(-c2cc(-c3ccc(-c4cccc5c4Oc4ccccc4C54c5ccccc5-c5c4c4ccccc4c4ccccc54)cc3)nc(-c3ccccc3)n2)cc1. The summed E-state index contributed by atoms with van der Waals surface area (Å²) in [5, 5.41) is 5.07. The van der Waals surface area contributed by atoms with E-state index in [4.69, 9.17) is 14.7 Å². The van der Waals surface area contributed by atoms with E-state index >= 15 is 0 Å². The Morgan fingerprint density at radius 2 is 0.879 bits per heavy atom. The van der Waals surface area contributed by atoms with Gasteiger partial charge < -0.3 is 4.74 Å². The van der Waals surface area contributed by atoms with E-state index in [0.717, 1.165) is 61.8 Å². The average molecular weight is 739 g/mol. The number of rotatable bonds is 4. The van der Waals surface area contributed by atoms with Crippen LogP contribution in [0.5, 0.6) is 11.5 Å². The molecule has 1 spiro atoms. The lowest BCUT2D eigenvalue weighted by atomic mass is 9.64. The number of ether oxygens (including phenoxy) is 1. The normalized spacial score (nSPS) is 14.8. The number of fused-ring (bicyclic) bond motifs is 14. The fourth-order valence-electron chi connectivity index (χ4n) is 9.71. The third kappa shape index (κ3) is 4.68. The zero-order valence-electron chi connectivity index (χ0n) is 31.4. The maximum atomic E-state index is 7.10. The minimum absolute atomic E-state index is 0.613. The number of hydrogen-bond donors (Lipinski definition) is 0. The zero-order chi connectivity index (χ0) is 38.2. The fourth-order valence-corrected chi connectivity index (χ4v) is 9.71. The molecule has 3 nitrogen and oxygen atoms in total. The maximum absolute atomic E-state index is 7.10. The number of aromatic nitrogens is 2. The predicted molar refractivity (Wildman–Crippen MR) is 236 cm³/mol. The molecule has 3 heteroatoms. The quantitative estimate of drug-likeness (QED) is 0.169. The summed E-state index contributed by atoms with van der Waals surface area (Å²) in [6, 6.07) is 73.5. The van der Waals surface area contributed by atoms with Crippen LogP contribution in [0.15, 0.2) is 206 Å². The van der Waals surface area contributed by atoms with Gasteiger partial charge in [0.25, 0.3) is 0 Å². The molecule has 0 saturated heterocycles. The van der Waals surface area contributed by atoms with Crippen LogP contribution in [0.1, 0.15) is 22.3 Å². The number of benzene rings is 9. The summed E-state index contributed by atoms with van der Waals surface area (Å²) in [7, 11) is 0. The van der Waals surface area contributed by atoms with Gasteiger partial charge in [0.05, 0.1) is 16.8 Å². The monoisotopic (exact) mass is 738 g/mol. The Bertz CT molecular complexity index is 3190. The standard InChI is InChI=1S/C55H34N2O/c1-3-16-36(17-4-1)48-34-49(57-54(56-48)38-18-5-2-6-19-38)37-32-30-35(31-33-37)39-25-15-28-47-53(39)58-50-29-14-13-27-46(50)55(47)45-26-12-11-24-44(45)51-42-22-9-7-20-40(42)41-21-8-10-23-43(41)52(51)55/h1-34H. The molecule has 58 heavy (non-hydrogen) atoms. The van der Waals surface area contributed by atoms with Gasteiger partial charge in [0.2, 0.25) is 0 Å². The molecule has 270 valence electrons. The Balaban J connectivity index is 1.07. The second-order valence-corrected chi connectivity index (χ2v) is 15.2. The van der Waals surface area contributed by atoms with Gasteiger partial charge in [-0.05, 0) is 61.5 Å². The van der Waals surface area contributed by atoms with Gasteiger partial charge in [0.1, 0.15) is 11.5 Å². The third-order valence-corrected chi connectivity index (χ3v) is 12.1. The molecular weight excluding hydrogens is 705 g/mol. The Hall–Kier alpha value is -7.62. The van der Waals surface area contributed by atoms with Crippen molar-refractivity contribution in [2.45, 2.75) is 5.41 Å². The molecule has 0 fully saturated rings. The Morgan fingerprint density at radius 1 is 0.362 bits per heavy atom. The first-order valence-corrected chi connectivity index (χ1v) is 19.8. The molecule has 9 aromatic carbocycles. The van der Waals surface area contributed by atoms with Gasteiger partial charge >= 0.3 is 0 Å². The van der Waals surface area contributed by atoms with E-state index in [-0.39, 0.29) is 0 Å². The van der Waals surface area contributed by atoms with E-state index < -0.39 is 5.41 Å². The van der Waals surface area contributed by atoms with Crippen molar-refractivity contribution < 1.29 is 4.74 Å². The van der Waals surface area contributed by atoms with Gasteiger partial charge in [-0.15, -0.1) is 0 Å². The van der Waals surface area contributed by atoms with Crippen molar-refractivity contribution in [1.82, 2.24) is 9.97 Å². The van der Waals surface area contributed by atoms with Crippen LogP contribution >= 0.6 is 0 Å². The summed E-state index contributed by atoms with van der Waals surface area (Å²) >= 11 is 0. The van der Waals surface area contributed by atoms with Gasteiger partial charge in [0.15, 0.2) is 5.82 Å². The molecule has 1 aromatic heterocycles. The van der Waals surface area contributed by atoms with Crippen molar-refractivity contribution in [3.8, 4) is 67.7 Å². The molecule has 0 saturated carbocycles. The first kappa shape index (κ1) is 32.6. The lowest BCUT2D eigenvalue weighted by Crippen LogP contribution is -2.32. The number of hydrogen-bond acceptors (Lipinski definition) is 3. The molecule has 2 aliphatic rings. The van der Waals surface area contributed by atoms with E-state index in [2.05, 4.69) is 170 Å². The van der Waals surface area contributed by atoms with Gasteiger partial charge in [-0.2, -0.15) is 0 Å². The topological polar surface area (TPSA) is 35.0 Å². The lowest BCUT2D eigenvalue weighted by Gasteiger charge is -2.40. The highest BCUT2D eigenvalue weighted by molar-refractivity contribution is 6.19. The van der Waals surface area contributed by atoms with Crippen LogP contribution in [-0.2, 0) is 5.41 Å². The summed E-state index contributed by atoms with van der Waals surface area (Å²) in [5.41, 5.74) is 13.8.